The first-order chi connectivity index (χ1) is 9.36. The summed E-state index contributed by atoms with van der Waals surface area (Å²) in [5.74, 6) is 0.658. The van der Waals surface area contributed by atoms with Gasteiger partial charge in [-0.3, -0.25) is 0 Å². The summed E-state index contributed by atoms with van der Waals surface area (Å²) in [7, 11) is 0. The quantitative estimate of drug-likeness (QED) is 0.891. The van der Waals surface area contributed by atoms with Crippen molar-refractivity contribution in [2.75, 3.05) is 13.1 Å². The first-order valence-corrected chi connectivity index (χ1v) is 8.09. The maximum absolute atomic E-state index is 4.47. The molecule has 1 atom stereocenters. The van der Waals surface area contributed by atoms with Crippen molar-refractivity contribution in [1.82, 2.24) is 14.9 Å². The van der Waals surface area contributed by atoms with Crippen LogP contribution in [0, 0.1) is 10.8 Å². The van der Waals surface area contributed by atoms with Crippen LogP contribution in [0.25, 0.3) is 0 Å². The molecule has 3 nitrogen and oxygen atoms in total. The average molecular weight is 275 g/mol. The summed E-state index contributed by atoms with van der Waals surface area (Å²) in [6.07, 6.45) is 9.32. The summed E-state index contributed by atoms with van der Waals surface area (Å²) in [5.41, 5.74) is 2.32. The van der Waals surface area contributed by atoms with E-state index in [2.05, 4.69) is 55.1 Å². The number of aromatic nitrogens is 2. The normalized spacial score (nSPS) is 29.7. The molecule has 0 radical (unpaired) electrons. The van der Waals surface area contributed by atoms with Crippen molar-refractivity contribution in [2.45, 2.75) is 65.3 Å². The van der Waals surface area contributed by atoms with E-state index < -0.39 is 0 Å². The molecule has 1 aromatic rings. The van der Waals surface area contributed by atoms with Gasteiger partial charge >= 0.3 is 0 Å². The van der Waals surface area contributed by atoms with Crippen molar-refractivity contribution in [3.63, 3.8) is 0 Å². The lowest BCUT2D eigenvalue weighted by molar-refractivity contribution is 0.0709. The molecule has 1 unspecified atom stereocenters. The molecular formula is C17H29N3. The third-order valence-corrected chi connectivity index (χ3v) is 5.10. The molecule has 1 saturated heterocycles. The number of hydrogen-bond acceptors (Lipinski definition) is 2. The van der Waals surface area contributed by atoms with Crippen LogP contribution in [0.15, 0.2) is 12.5 Å². The smallest absolute Gasteiger partial charge is 0.0950 e. The van der Waals surface area contributed by atoms with E-state index in [-0.39, 0.29) is 0 Å². The van der Waals surface area contributed by atoms with E-state index in [0.717, 1.165) is 13.1 Å². The van der Waals surface area contributed by atoms with Crippen LogP contribution in [-0.2, 0) is 0 Å². The zero-order valence-corrected chi connectivity index (χ0v) is 13.4. The standard InChI is InChI=1S/C17H29N3/c1-16(2)7-14(8-17(3,4)11-16)20-12-19-10-15(20)13-5-6-18-9-13/h10,12-14,18H,5-9,11H2,1-4H3. The van der Waals surface area contributed by atoms with Gasteiger partial charge in [0, 0.05) is 30.4 Å². The summed E-state index contributed by atoms with van der Waals surface area (Å²) >= 11 is 0. The first kappa shape index (κ1) is 14.1. The fourth-order valence-corrected chi connectivity index (χ4v) is 4.83. The molecule has 20 heavy (non-hydrogen) atoms. The molecule has 0 amide bonds. The highest BCUT2D eigenvalue weighted by Gasteiger charge is 2.39. The Morgan fingerprint density at radius 1 is 1.20 bits per heavy atom. The molecule has 1 N–H and O–H groups in total. The van der Waals surface area contributed by atoms with Gasteiger partial charge in [0.05, 0.1) is 6.33 Å². The maximum Gasteiger partial charge on any atom is 0.0950 e. The minimum Gasteiger partial charge on any atom is -0.331 e. The van der Waals surface area contributed by atoms with E-state index in [9.17, 15) is 0 Å². The molecule has 0 aromatic carbocycles. The monoisotopic (exact) mass is 275 g/mol. The number of hydrogen-bond donors (Lipinski definition) is 1. The Kier molecular flexibility index (Phi) is 3.44. The van der Waals surface area contributed by atoms with Gasteiger partial charge in [0.25, 0.3) is 0 Å². The van der Waals surface area contributed by atoms with Gasteiger partial charge in [0.1, 0.15) is 0 Å². The molecule has 2 heterocycles. The Morgan fingerprint density at radius 3 is 2.50 bits per heavy atom. The third-order valence-electron chi connectivity index (χ3n) is 5.10. The summed E-state index contributed by atoms with van der Waals surface area (Å²) in [6.45, 7) is 12.0. The second-order valence-electron chi connectivity index (χ2n) is 8.48. The second kappa shape index (κ2) is 4.87. The topological polar surface area (TPSA) is 29.9 Å². The van der Waals surface area contributed by atoms with E-state index in [1.165, 1.54) is 31.4 Å². The molecule has 1 aliphatic carbocycles. The van der Waals surface area contributed by atoms with Gasteiger partial charge in [-0.1, -0.05) is 27.7 Å². The summed E-state index contributed by atoms with van der Waals surface area (Å²) in [4.78, 5) is 4.47. The van der Waals surface area contributed by atoms with Gasteiger partial charge in [-0.2, -0.15) is 0 Å². The van der Waals surface area contributed by atoms with Crippen LogP contribution in [-0.4, -0.2) is 22.6 Å². The van der Waals surface area contributed by atoms with Crippen LogP contribution in [0.4, 0.5) is 0 Å². The Balaban J connectivity index is 1.87. The Hall–Kier alpha value is -0.830. The van der Waals surface area contributed by atoms with E-state index in [0.29, 0.717) is 22.8 Å². The zero-order chi connectivity index (χ0) is 14.4. The van der Waals surface area contributed by atoms with Crippen molar-refractivity contribution < 1.29 is 0 Å². The molecule has 2 aliphatic rings. The predicted octanol–water partition coefficient (Wildman–Crippen LogP) is 3.74. The minimum absolute atomic E-state index is 0.432. The number of nitrogens with zero attached hydrogens (tertiary/aromatic N) is 2. The van der Waals surface area contributed by atoms with Crippen LogP contribution in [0.2, 0.25) is 0 Å². The molecule has 2 fully saturated rings. The van der Waals surface area contributed by atoms with Crippen LogP contribution in [0.3, 0.4) is 0 Å². The Labute approximate surface area is 123 Å². The summed E-state index contributed by atoms with van der Waals surface area (Å²) < 4.78 is 2.50. The van der Waals surface area contributed by atoms with Gasteiger partial charge in [-0.05, 0) is 43.1 Å². The van der Waals surface area contributed by atoms with E-state index in [1.807, 2.05) is 0 Å². The van der Waals surface area contributed by atoms with Crippen LogP contribution < -0.4 is 5.32 Å². The van der Waals surface area contributed by atoms with Gasteiger partial charge < -0.3 is 9.88 Å². The molecular weight excluding hydrogens is 246 g/mol. The highest BCUT2D eigenvalue weighted by Crippen LogP contribution is 2.50. The van der Waals surface area contributed by atoms with Crippen LogP contribution in [0.5, 0.6) is 0 Å². The number of rotatable bonds is 2. The zero-order valence-electron chi connectivity index (χ0n) is 13.4. The summed E-state index contributed by atoms with van der Waals surface area (Å²) in [5, 5.41) is 3.48. The SMILES string of the molecule is CC1(C)CC(n2cncc2C2CCNC2)CC(C)(C)C1. The second-order valence-corrected chi connectivity index (χ2v) is 8.48. The lowest BCUT2D eigenvalue weighted by Gasteiger charge is -2.45. The average Bonchev–Trinajstić information content (AvgIpc) is 2.95. The molecule has 1 saturated carbocycles. The lowest BCUT2D eigenvalue weighted by atomic mass is 9.63. The summed E-state index contributed by atoms with van der Waals surface area (Å²) in [6, 6.07) is 0.617. The highest BCUT2D eigenvalue weighted by atomic mass is 15.1. The van der Waals surface area contributed by atoms with Crippen molar-refractivity contribution in [2.24, 2.45) is 10.8 Å². The maximum atomic E-state index is 4.47. The lowest BCUT2D eigenvalue weighted by Crippen LogP contribution is -2.35. The van der Waals surface area contributed by atoms with Crippen molar-refractivity contribution in [1.29, 1.82) is 0 Å². The van der Waals surface area contributed by atoms with Crippen molar-refractivity contribution >= 4 is 0 Å². The Morgan fingerprint density at radius 2 is 1.90 bits per heavy atom. The first-order valence-electron chi connectivity index (χ1n) is 8.09. The number of imidazole rings is 1. The van der Waals surface area contributed by atoms with Gasteiger partial charge in [-0.25, -0.2) is 4.98 Å². The molecule has 1 aromatic heterocycles. The van der Waals surface area contributed by atoms with Gasteiger partial charge in [0.15, 0.2) is 0 Å². The molecule has 1 aliphatic heterocycles. The van der Waals surface area contributed by atoms with Crippen molar-refractivity contribution in [3.05, 3.63) is 18.2 Å². The highest BCUT2D eigenvalue weighted by molar-refractivity contribution is 5.11. The van der Waals surface area contributed by atoms with E-state index in [1.54, 1.807) is 0 Å². The molecule has 0 bridgehead atoms. The van der Waals surface area contributed by atoms with Crippen LogP contribution >= 0.6 is 0 Å². The van der Waals surface area contributed by atoms with Crippen LogP contribution in [0.1, 0.15) is 71.0 Å². The molecule has 3 heteroatoms. The largest absolute Gasteiger partial charge is 0.331 e. The fraction of sp³-hybridized carbons (Fsp3) is 0.824. The molecule has 0 spiro atoms. The van der Waals surface area contributed by atoms with Crippen molar-refractivity contribution in [3.8, 4) is 0 Å². The fourth-order valence-electron chi connectivity index (χ4n) is 4.83. The minimum atomic E-state index is 0.432. The van der Waals surface area contributed by atoms with E-state index >= 15 is 0 Å². The Bertz CT molecular complexity index is 450. The van der Waals surface area contributed by atoms with Gasteiger partial charge in [0.2, 0.25) is 0 Å². The predicted molar refractivity (Wildman–Crippen MR) is 82.9 cm³/mol. The number of nitrogens with one attached hydrogen (secondary N) is 1. The molecule has 112 valence electrons. The van der Waals surface area contributed by atoms with E-state index in [4.69, 9.17) is 0 Å². The molecule has 3 rings (SSSR count). The third kappa shape index (κ3) is 2.78. The van der Waals surface area contributed by atoms with Gasteiger partial charge in [-0.15, -0.1) is 0 Å².